The lowest BCUT2D eigenvalue weighted by Crippen LogP contribution is -2.40. The van der Waals surface area contributed by atoms with Crippen molar-refractivity contribution in [3.8, 4) is 0 Å². The highest BCUT2D eigenvalue weighted by Gasteiger charge is 2.41. The van der Waals surface area contributed by atoms with Crippen LogP contribution in [-0.4, -0.2) is 48.8 Å². The Labute approximate surface area is 118 Å². The molecule has 19 heavy (non-hydrogen) atoms. The number of rotatable bonds is 5. The van der Waals surface area contributed by atoms with Crippen molar-refractivity contribution < 1.29 is 4.74 Å². The fourth-order valence-electron chi connectivity index (χ4n) is 4.38. The molecule has 0 aromatic heterocycles. The van der Waals surface area contributed by atoms with Crippen LogP contribution < -0.4 is 5.32 Å². The molecule has 1 aliphatic carbocycles. The fourth-order valence-corrected chi connectivity index (χ4v) is 4.38. The summed E-state index contributed by atoms with van der Waals surface area (Å²) in [6.45, 7) is 7.00. The molecule has 2 heterocycles. The first-order chi connectivity index (χ1) is 9.31. The number of nitrogens with one attached hydrogen (secondary N) is 1. The van der Waals surface area contributed by atoms with Crippen molar-refractivity contribution in [2.75, 3.05) is 26.2 Å². The molecule has 2 atom stereocenters. The molecule has 3 nitrogen and oxygen atoms in total. The van der Waals surface area contributed by atoms with Crippen LogP contribution in [0.15, 0.2) is 0 Å². The van der Waals surface area contributed by atoms with Gasteiger partial charge in [0.25, 0.3) is 0 Å². The van der Waals surface area contributed by atoms with E-state index in [9.17, 15) is 0 Å². The van der Waals surface area contributed by atoms with E-state index in [1.165, 1.54) is 64.5 Å². The molecule has 0 amide bonds. The molecule has 2 aliphatic heterocycles. The van der Waals surface area contributed by atoms with Gasteiger partial charge in [-0.15, -0.1) is 0 Å². The van der Waals surface area contributed by atoms with Gasteiger partial charge in [0, 0.05) is 19.1 Å². The Morgan fingerprint density at radius 1 is 1.11 bits per heavy atom. The molecular weight excluding hydrogens is 236 g/mol. The van der Waals surface area contributed by atoms with Crippen LogP contribution in [0, 0.1) is 0 Å². The van der Waals surface area contributed by atoms with Crippen LogP contribution in [0.25, 0.3) is 0 Å². The van der Waals surface area contributed by atoms with Crippen LogP contribution >= 0.6 is 0 Å². The molecule has 0 bridgehead atoms. The maximum absolute atomic E-state index is 6.35. The molecule has 0 radical (unpaired) electrons. The molecule has 1 saturated carbocycles. The van der Waals surface area contributed by atoms with Gasteiger partial charge in [-0.25, -0.2) is 0 Å². The lowest BCUT2D eigenvalue weighted by atomic mass is 9.98. The zero-order chi connectivity index (χ0) is 13.1. The summed E-state index contributed by atoms with van der Waals surface area (Å²) in [5.41, 5.74) is 0.301. The van der Waals surface area contributed by atoms with E-state index in [0.29, 0.717) is 11.7 Å². The Hall–Kier alpha value is -0.120. The van der Waals surface area contributed by atoms with E-state index in [0.717, 1.165) is 19.1 Å². The first kappa shape index (κ1) is 13.8. The zero-order valence-corrected chi connectivity index (χ0v) is 12.5. The SMILES string of the molecule is CCN1CCCC1CNCC1CCC2(CCCC2)O1. The molecule has 2 saturated heterocycles. The number of likely N-dealkylation sites (N-methyl/N-ethyl adjacent to an activating group) is 1. The van der Waals surface area contributed by atoms with Crippen molar-refractivity contribution in [1.82, 2.24) is 10.2 Å². The minimum Gasteiger partial charge on any atom is -0.370 e. The third-order valence-electron chi connectivity index (χ3n) is 5.51. The lowest BCUT2D eigenvalue weighted by Gasteiger charge is -2.25. The van der Waals surface area contributed by atoms with E-state index in [4.69, 9.17) is 4.74 Å². The van der Waals surface area contributed by atoms with Crippen molar-refractivity contribution >= 4 is 0 Å². The molecule has 0 aromatic rings. The summed E-state index contributed by atoms with van der Waals surface area (Å²) in [5, 5.41) is 3.67. The molecule has 3 fully saturated rings. The Bertz CT molecular complexity index is 288. The minimum absolute atomic E-state index is 0.301. The first-order valence-electron chi connectivity index (χ1n) is 8.44. The molecular formula is C16H30N2O. The molecule has 0 aromatic carbocycles. The summed E-state index contributed by atoms with van der Waals surface area (Å²) < 4.78 is 6.35. The number of ether oxygens (including phenoxy) is 1. The van der Waals surface area contributed by atoms with Gasteiger partial charge in [-0.2, -0.15) is 0 Å². The maximum Gasteiger partial charge on any atom is 0.0708 e. The van der Waals surface area contributed by atoms with E-state index < -0.39 is 0 Å². The van der Waals surface area contributed by atoms with E-state index in [1.807, 2.05) is 0 Å². The highest BCUT2D eigenvalue weighted by Crippen LogP contribution is 2.43. The second kappa shape index (κ2) is 6.11. The summed E-state index contributed by atoms with van der Waals surface area (Å²) in [6.07, 6.45) is 11.2. The van der Waals surface area contributed by atoms with Gasteiger partial charge in [-0.3, -0.25) is 4.90 Å². The Morgan fingerprint density at radius 2 is 1.95 bits per heavy atom. The second-order valence-electron chi connectivity index (χ2n) is 6.75. The van der Waals surface area contributed by atoms with E-state index in [-0.39, 0.29) is 0 Å². The van der Waals surface area contributed by atoms with Gasteiger partial charge >= 0.3 is 0 Å². The fraction of sp³-hybridized carbons (Fsp3) is 1.00. The maximum atomic E-state index is 6.35. The standard InChI is InChI=1S/C16H30N2O/c1-2-18-11-5-6-14(18)12-17-13-15-7-10-16(19-15)8-3-4-9-16/h14-15,17H,2-13H2,1H3. The quantitative estimate of drug-likeness (QED) is 0.827. The Kier molecular flexibility index (Phi) is 4.45. The smallest absolute Gasteiger partial charge is 0.0708 e. The van der Waals surface area contributed by atoms with E-state index in [1.54, 1.807) is 0 Å². The van der Waals surface area contributed by atoms with Gasteiger partial charge in [0.05, 0.1) is 11.7 Å². The zero-order valence-electron chi connectivity index (χ0n) is 12.5. The Morgan fingerprint density at radius 3 is 2.74 bits per heavy atom. The molecule has 2 unspecified atom stereocenters. The van der Waals surface area contributed by atoms with Crippen LogP contribution in [0.5, 0.6) is 0 Å². The van der Waals surface area contributed by atoms with Gasteiger partial charge in [0.15, 0.2) is 0 Å². The van der Waals surface area contributed by atoms with Crippen molar-refractivity contribution in [3.05, 3.63) is 0 Å². The average Bonchev–Trinajstić information content (AvgIpc) is 3.13. The van der Waals surface area contributed by atoms with Crippen LogP contribution in [0.4, 0.5) is 0 Å². The molecule has 3 heteroatoms. The minimum atomic E-state index is 0.301. The van der Waals surface area contributed by atoms with Gasteiger partial charge < -0.3 is 10.1 Å². The van der Waals surface area contributed by atoms with Gasteiger partial charge in [0.2, 0.25) is 0 Å². The number of hydrogen-bond acceptors (Lipinski definition) is 3. The lowest BCUT2D eigenvalue weighted by molar-refractivity contribution is -0.0353. The summed E-state index contributed by atoms with van der Waals surface area (Å²) in [6, 6.07) is 0.770. The van der Waals surface area contributed by atoms with Gasteiger partial charge in [-0.05, 0) is 51.6 Å². The number of hydrogen-bond donors (Lipinski definition) is 1. The normalized spacial score (nSPS) is 34.6. The van der Waals surface area contributed by atoms with Crippen molar-refractivity contribution in [1.29, 1.82) is 0 Å². The van der Waals surface area contributed by atoms with Crippen LogP contribution in [0.3, 0.4) is 0 Å². The van der Waals surface area contributed by atoms with E-state index in [2.05, 4.69) is 17.1 Å². The number of nitrogens with zero attached hydrogens (tertiary/aromatic N) is 1. The van der Waals surface area contributed by atoms with Crippen molar-refractivity contribution in [3.63, 3.8) is 0 Å². The summed E-state index contributed by atoms with van der Waals surface area (Å²) in [5.74, 6) is 0. The summed E-state index contributed by atoms with van der Waals surface area (Å²) in [7, 11) is 0. The summed E-state index contributed by atoms with van der Waals surface area (Å²) >= 11 is 0. The largest absolute Gasteiger partial charge is 0.370 e. The molecule has 1 spiro atoms. The van der Waals surface area contributed by atoms with E-state index >= 15 is 0 Å². The summed E-state index contributed by atoms with van der Waals surface area (Å²) in [4.78, 5) is 2.61. The third kappa shape index (κ3) is 3.14. The molecule has 110 valence electrons. The van der Waals surface area contributed by atoms with Crippen molar-refractivity contribution in [2.45, 2.75) is 76.0 Å². The molecule has 3 rings (SSSR count). The predicted octanol–water partition coefficient (Wildman–Crippen LogP) is 2.55. The van der Waals surface area contributed by atoms with Gasteiger partial charge in [-0.1, -0.05) is 19.8 Å². The van der Waals surface area contributed by atoms with Crippen LogP contribution in [0.1, 0.15) is 58.3 Å². The topological polar surface area (TPSA) is 24.5 Å². The highest BCUT2D eigenvalue weighted by atomic mass is 16.5. The third-order valence-corrected chi connectivity index (χ3v) is 5.51. The Balaban J connectivity index is 1.37. The molecule has 3 aliphatic rings. The highest BCUT2D eigenvalue weighted by molar-refractivity contribution is 4.93. The first-order valence-corrected chi connectivity index (χ1v) is 8.44. The molecule has 1 N–H and O–H groups in total. The van der Waals surface area contributed by atoms with Crippen LogP contribution in [-0.2, 0) is 4.74 Å². The number of likely N-dealkylation sites (tertiary alicyclic amines) is 1. The van der Waals surface area contributed by atoms with Gasteiger partial charge in [0.1, 0.15) is 0 Å². The second-order valence-corrected chi connectivity index (χ2v) is 6.75. The van der Waals surface area contributed by atoms with Crippen molar-refractivity contribution in [2.24, 2.45) is 0 Å². The average molecular weight is 266 g/mol. The predicted molar refractivity (Wildman–Crippen MR) is 78.4 cm³/mol. The monoisotopic (exact) mass is 266 g/mol. The van der Waals surface area contributed by atoms with Crippen LogP contribution in [0.2, 0.25) is 0 Å².